The molecule has 0 radical (unpaired) electrons. The van der Waals surface area contributed by atoms with Crippen LogP contribution >= 0.6 is 23.2 Å². The van der Waals surface area contributed by atoms with Crippen molar-refractivity contribution in [1.29, 1.82) is 0 Å². The van der Waals surface area contributed by atoms with Gasteiger partial charge in [0.05, 0.1) is 6.54 Å². The second-order valence-electron chi connectivity index (χ2n) is 3.62. The highest BCUT2D eigenvalue weighted by Gasteiger charge is 1.89. The minimum Gasteiger partial charge on any atom is -0.399 e. The van der Waals surface area contributed by atoms with E-state index in [0.717, 1.165) is 5.69 Å². The summed E-state index contributed by atoms with van der Waals surface area (Å²) >= 11 is 11.3. The minimum absolute atomic E-state index is 0.528. The van der Waals surface area contributed by atoms with Crippen LogP contribution in [0, 0.1) is 12.3 Å². The Morgan fingerprint density at radius 1 is 1.05 bits per heavy atom. The smallest absolute Gasteiger partial charge is 0.0763 e. The number of anilines is 2. The van der Waals surface area contributed by atoms with Crippen LogP contribution in [0.15, 0.2) is 48.5 Å². The number of halogens is 2. The maximum atomic E-state index is 5.73. The van der Waals surface area contributed by atoms with Gasteiger partial charge in [-0.05, 0) is 36.4 Å². The van der Waals surface area contributed by atoms with Gasteiger partial charge >= 0.3 is 0 Å². The number of benzene rings is 2. The molecule has 98 valence electrons. The summed E-state index contributed by atoms with van der Waals surface area (Å²) in [6.45, 7) is 0.528. The largest absolute Gasteiger partial charge is 0.399 e. The van der Waals surface area contributed by atoms with Gasteiger partial charge in [-0.15, -0.1) is 6.42 Å². The first-order valence-electron chi connectivity index (χ1n) is 5.56. The number of hydrogen-bond donors (Lipinski definition) is 2. The van der Waals surface area contributed by atoms with Gasteiger partial charge in [0.1, 0.15) is 0 Å². The van der Waals surface area contributed by atoms with Crippen LogP contribution in [-0.4, -0.2) is 6.54 Å². The predicted octanol–water partition coefficient (Wildman–Crippen LogP) is 4.31. The van der Waals surface area contributed by atoms with Gasteiger partial charge in [-0.3, -0.25) is 0 Å². The van der Waals surface area contributed by atoms with Gasteiger partial charge in [0, 0.05) is 21.4 Å². The number of rotatable bonds is 2. The van der Waals surface area contributed by atoms with Crippen molar-refractivity contribution in [2.24, 2.45) is 0 Å². The van der Waals surface area contributed by atoms with Gasteiger partial charge in [0.25, 0.3) is 0 Å². The summed E-state index contributed by atoms with van der Waals surface area (Å²) < 4.78 is 0. The maximum absolute atomic E-state index is 5.73. The number of nitrogen functional groups attached to an aromatic ring is 1. The highest BCUT2D eigenvalue weighted by molar-refractivity contribution is 6.31. The quantitative estimate of drug-likeness (QED) is 0.639. The van der Waals surface area contributed by atoms with E-state index in [2.05, 4.69) is 11.2 Å². The van der Waals surface area contributed by atoms with Crippen molar-refractivity contribution in [2.75, 3.05) is 17.6 Å². The van der Waals surface area contributed by atoms with Crippen LogP contribution in [0.5, 0.6) is 0 Å². The number of nitrogens with two attached hydrogens (primary N) is 1. The zero-order chi connectivity index (χ0) is 14.1. The molecule has 0 bridgehead atoms. The summed E-state index contributed by atoms with van der Waals surface area (Å²) in [5.41, 5.74) is 7.03. The Kier molecular flexibility index (Phi) is 6.67. The molecule has 0 saturated heterocycles. The Hall–Kier alpha value is -1.82. The third-order valence-electron chi connectivity index (χ3n) is 2.07. The molecule has 2 aromatic rings. The van der Waals surface area contributed by atoms with Gasteiger partial charge < -0.3 is 11.1 Å². The molecule has 0 spiro atoms. The fourth-order valence-electron chi connectivity index (χ4n) is 1.26. The molecule has 0 aliphatic heterocycles. The summed E-state index contributed by atoms with van der Waals surface area (Å²) in [6.07, 6.45) is 5.07. The molecule has 0 heterocycles. The van der Waals surface area contributed by atoms with E-state index in [-0.39, 0.29) is 0 Å². The summed E-state index contributed by atoms with van der Waals surface area (Å²) in [6, 6.07) is 14.6. The zero-order valence-corrected chi connectivity index (χ0v) is 11.7. The normalized spacial score (nSPS) is 8.89. The summed E-state index contributed by atoms with van der Waals surface area (Å²) in [5.74, 6) is 2.48. The second-order valence-corrected chi connectivity index (χ2v) is 4.50. The maximum Gasteiger partial charge on any atom is 0.0763 e. The van der Waals surface area contributed by atoms with Crippen molar-refractivity contribution >= 4 is 34.6 Å². The first-order valence-corrected chi connectivity index (χ1v) is 6.31. The van der Waals surface area contributed by atoms with Crippen molar-refractivity contribution in [3.63, 3.8) is 0 Å². The van der Waals surface area contributed by atoms with Crippen LogP contribution in [-0.2, 0) is 0 Å². The van der Waals surface area contributed by atoms with E-state index >= 15 is 0 Å². The van der Waals surface area contributed by atoms with Crippen molar-refractivity contribution in [1.82, 2.24) is 0 Å². The topological polar surface area (TPSA) is 38.0 Å². The Bertz CT molecular complexity index is 545. The molecule has 0 saturated carbocycles. The molecular weight excluding hydrogens is 279 g/mol. The van der Waals surface area contributed by atoms with Crippen LogP contribution in [0.2, 0.25) is 10.0 Å². The van der Waals surface area contributed by atoms with Gasteiger partial charge in [0.15, 0.2) is 0 Å². The van der Waals surface area contributed by atoms with Crippen LogP contribution in [0.4, 0.5) is 11.4 Å². The highest BCUT2D eigenvalue weighted by atomic mass is 35.5. The molecule has 0 atom stereocenters. The molecular formula is C15H14Cl2N2. The van der Waals surface area contributed by atoms with Crippen molar-refractivity contribution in [3.05, 3.63) is 58.6 Å². The Morgan fingerprint density at radius 2 is 1.68 bits per heavy atom. The molecule has 2 nitrogen and oxygen atoms in total. The predicted molar refractivity (Wildman–Crippen MR) is 84.6 cm³/mol. The van der Waals surface area contributed by atoms with Gasteiger partial charge in [0.2, 0.25) is 0 Å². The first kappa shape index (κ1) is 15.2. The zero-order valence-electron chi connectivity index (χ0n) is 10.2. The minimum atomic E-state index is 0.528. The lowest BCUT2D eigenvalue weighted by Gasteiger charge is -2.00. The molecule has 2 rings (SSSR count). The summed E-state index contributed by atoms with van der Waals surface area (Å²) in [5, 5.41) is 4.41. The van der Waals surface area contributed by atoms with Crippen LogP contribution in [0.25, 0.3) is 0 Å². The molecule has 0 aromatic heterocycles. The highest BCUT2D eigenvalue weighted by Crippen LogP contribution is 2.14. The molecule has 2 aromatic carbocycles. The standard InChI is InChI=1S/C9H8ClN.C6H6ClN/c1-2-6-11-9-5-3-4-8(10)7-9;7-5-2-1-3-6(8)4-5/h1,3-5,7,11H,6H2;1-4H,8H2. The van der Waals surface area contributed by atoms with Crippen LogP contribution < -0.4 is 11.1 Å². The summed E-state index contributed by atoms with van der Waals surface area (Å²) in [4.78, 5) is 0. The molecule has 19 heavy (non-hydrogen) atoms. The molecule has 0 unspecified atom stereocenters. The van der Waals surface area contributed by atoms with E-state index in [4.69, 9.17) is 35.4 Å². The molecule has 0 aliphatic rings. The van der Waals surface area contributed by atoms with E-state index in [1.54, 1.807) is 18.2 Å². The fraction of sp³-hybridized carbons (Fsp3) is 0.0667. The lowest BCUT2D eigenvalue weighted by atomic mass is 10.3. The lowest BCUT2D eigenvalue weighted by Crippen LogP contribution is -1.97. The molecule has 0 aliphatic carbocycles. The number of hydrogen-bond acceptors (Lipinski definition) is 2. The van der Waals surface area contributed by atoms with E-state index in [0.29, 0.717) is 22.3 Å². The van der Waals surface area contributed by atoms with Gasteiger partial charge in [-0.2, -0.15) is 0 Å². The third-order valence-corrected chi connectivity index (χ3v) is 2.54. The molecule has 4 heteroatoms. The third kappa shape index (κ3) is 6.61. The fourth-order valence-corrected chi connectivity index (χ4v) is 1.65. The van der Waals surface area contributed by atoms with Crippen LogP contribution in [0.1, 0.15) is 0 Å². The monoisotopic (exact) mass is 292 g/mol. The van der Waals surface area contributed by atoms with Gasteiger partial charge in [-0.1, -0.05) is 41.3 Å². The second kappa shape index (κ2) is 8.31. The first-order chi connectivity index (χ1) is 9.11. The molecule has 0 fully saturated rings. The van der Waals surface area contributed by atoms with E-state index < -0.39 is 0 Å². The van der Waals surface area contributed by atoms with E-state index in [1.165, 1.54) is 0 Å². The molecule has 3 N–H and O–H groups in total. The average molecular weight is 293 g/mol. The number of terminal acetylenes is 1. The number of nitrogens with one attached hydrogen (secondary N) is 1. The Labute approximate surface area is 123 Å². The van der Waals surface area contributed by atoms with Crippen molar-refractivity contribution in [2.45, 2.75) is 0 Å². The average Bonchev–Trinajstić information content (AvgIpc) is 2.37. The van der Waals surface area contributed by atoms with Gasteiger partial charge in [-0.25, -0.2) is 0 Å². The Morgan fingerprint density at radius 3 is 2.16 bits per heavy atom. The van der Waals surface area contributed by atoms with E-state index in [9.17, 15) is 0 Å². The molecule has 0 amide bonds. The van der Waals surface area contributed by atoms with E-state index in [1.807, 2.05) is 30.3 Å². The van der Waals surface area contributed by atoms with Crippen molar-refractivity contribution in [3.8, 4) is 12.3 Å². The lowest BCUT2D eigenvalue weighted by molar-refractivity contribution is 1.38. The Balaban J connectivity index is 0.000000200. The SMILES string of the molecule is C#CCNc1cccc(Cl)c1.Nc1cccc(Cl)c1. The van der Waals surface area contributed by atoms with Crippen molar-refractivity contribution < 1.29 is 0 Å². The summed E-state index contributed by atoms with van der Waals surface area (Å²) in [7, 11) is 0. The van der Waals surface area contributed by atoms with Crippen LogP contribution in [0.3, 0.4) is 0 Å².